The van der Waals surface area contributed by atoms with Gasteiger partial charge in [-0.2, -0.15) is 0 Å². The van der Waals surface area contributed by atoms with Crippen molar-refractivity contribution in [3.05, 3.63) is 80.8 Å². The van der Waals surface area contributed by atoms with E-state index in [9.17, 15) is 20.0 Å². The first-order valence-corrected chi connectivity index (χ1v) is 8.11. The van der Waals surface area contributed by atoms with Gasteiger partial charge in [0.2, 0.25) is 5.82 Å². The highest BCUT2D eigenvalue weighted by Crippen LogP contribution is 2.20. The van der Waals surface area contributed by atoms with Gasteiger partial charge in [-0.15, -0.1) is 0 Å². The van der Waals surface area contributed by atoms with Crippen molar-refractivity contribution in [3.63, 3.8) is 0 Å². The summed E-state index contributed by atoms with van der Waals surface area (Å²) in [6.07, 6.45) is 0.984. The van der Waals surface area contributed by atoms with E-state index in [2.05, 4.69) is 10.3 Å². The number of nitrogens with zero attached hydrogens (tertiary/aromatic N) is 3. The van der Waals surface area contributed by atoms with E-state index in [0.29, 0.717) is 6.42 Å². The zero-order valence-electron chi connectivity index (χ0n) is 14.1. The molecule has 2 N–H and O–H groups in total. The highest BCUT2D eigenvalue weighted by molar-refractivity contribution is 5.60. The standard InChI is InChI=1S/C18H18N4O4/c1-12(14(23)11-13-7-3-2-4-8-13)19-17-16(22(25)26)18(24)21-10-6-5-9-15(21)20-17/h2-10,12,14,19,23H,11H2,1H3. The van der Waals surface area contributed by atoms with Gasteiger partial charge in [-0.3, -0.25) is 19.3 Å². The molecule has 2 aromatic heterocycles. The van der Waals surface area contributed by atoms with E-state index in [4.69, 9.17) is 0 Å². The van der Waals surface area contributed by atoms with Crippen molar-refractivity contribution in [2.24, 2.45) is 0 Å². The Morgan fingerprint density at radius 3 is 2.62 bits per heavy atom. The van der Waals surface area contributed by atoms with Crippen molar-refractivity contribution >= 4 is 17.2 Å². The Kier molecular flexibility index (Phi) is 4.94. The normalized spacial score (nSPS) is 13.3. The number of nitrogens with one attached hydrogen (secondary N) is 1. The molecule has 0 aliphatic heterocycles. The molecule has 0 radical (unpaired) electrons. The van der Waals surface area contributed by atoms with E-state index in [1.165, 1.54) is 6.20 Å². The second kappa shape index (κ2) is 7.32. The fraction of sp³-hybridized carbons (Fsp3) is 0.222. The number of hydrogen-bond donors (Lipinski definition) is 2. The SMILES string of the molecule is CC(Nc1nc2ccccn2c(=O)c1[N+](=O)[O-])C(O)Cc1ccccc1. The Balaban J connectivity index is 1.91. The molecule has 0 saturated heterocycles. The van der Waals surface area contributed by atoms with Crippen LogP contribution < -0.4 is 10.9 Å². The summed E-state index contributed by atoms with van der Waals surface area (Å²) in [6, 6.07) is 13.7. The Morgan fingerprint density at radius 2 is 1.92 bits per heavy atom. The predicted molar refractivity (Wildman–Crippen MR) is 97.4 cm³/mol. The number of aliphatic hydroxyl groups excluding tert-OH is 1. The van der Waals surface area contributed by atoms with Gasteiger partial charge >= 0.3 is 11.2 Å². The van der Waals surface area contributed by atoms with Gasteiger partial charge in [0, 0.05) is 12.6 Å². The molecule has 0 aliphatic rings. The van der Waals surface area contributed by atoms with Crippen LogP contribution in [0, 0.1) is 10.1 Å². The van der Waals surface area contributed by atoms with E-state index >= 15 is 0 Å². The van der Waals surface area contributed by atoms with Gasteiger partial charge in [0.15, 0.2) is 0 Å². The van der Waals surface area contributed by atoms with Crippen molar-refractivity contribution in [3.8, 4) is 0 Å². The summed E-state index contributed by atoms with van der Waals surface area (Å²) in [6.45, 7) is 1.69. The summed E-state index contributed by atoms with van der Waals surface area (Å²) in [5, 5.41) is 24.6. The molecular formula is C18H18N4O4. The molecular weight excluding hydrogens is 336 g/mol. The average molecular weight is 354 g/mol. The molecule has 2 heterocycles. The fourth-order valence-corrected chi connectivity index (χ4v) is 2.69. The van der Waals surface area contributed by atoms with Crippen LogP contribution in [-0.4, -0.2) is 31.6 Å². The molecule has 0 aliphatic carbocycles. The number of hydrogen-bond acceptors (Lipinski definition) is 6. The van der Waals surface area contributed by atoms with Crippen molar-refractivity contribution < 1.29 is 10.0 Å². The van der Waals surface area contributed by atoms with Crippen molar-refractivity contribution in [2.45, 2.75) is 25.5 Å². The fourth-order valence-electron chi connectivity index (χ4n) is 2.69. The maximum absolute atomic E-state index is 12.4. The van der Waals surface area contributed by atoms with Crippen molar-refractivity contribution in [2.75, 3.05) is 5.32 Å². The minimum Gasteiger partial charge on any atom is -0.391 e. The molecule has 8 heteroatoms. The first-order valence-electron chi connectivity index (χ1n) is 8.11. The number of nitro groups is 1. The summed E-state index contributed by atoms with van der Waals surface area (Å²) in [7, 11) is 0. The third-order valence-corrected chi connectivity index (χ3v) is 4.12. The Labute approximate surface area is 148 Å². The van der Waals surface area contributed by atoms with Crippen LogP contribution in [0.1, 0.15) is 12.5 Å². The number of aromatic nitrogens is 2. The zero-order valence-corrected chi connectivity index (χ0v) is 14.1. The lowest BCUT2D eigenvalue weighted by molar-refractivity contribution is -0.385. The highest BCUT2D eigenvalue weighted by atomic mass is 16.6. The number of rotatable bonds is 6. The van der Waals surface area contributed by atoms with Gasteiger partial charge in [-0.05, 0) is 24.6 Å². The lowest BCUT2D eigenvalue weighted by Gasteiger charge is -2.21. The highest BCUT2D eigenvalue weighted by Gasteiger charge is 2.26. The minimum absolute atomic E-state index is 0.147. The number of anilines is 1. The second-order valence-electron chi connectivity index (χ2n) is 5.99. The molecule has 134 valence electrons. The number of fused-ring (bicyclic) bond motifs is 1. The van der Waals surface area contributed by atoms with Crippen LogP contribution in [0.15, 0.2) is 59.5 Å². The molecule has 0 bridgehead atoms. The maximum atomic E-state index is 12.4. The lowest BCUT2D eigenvalue weighted by atomic mass is 10.0. The minimum atomic E-state index is -0.812. The van der Waals surface area contributed by atoms with Crippen LogP contribution in [0.5, 0.6) is 0 Å². The number of benzene rings is 1. The molecule has 3 rings (SSSR count). The van der Waals surface area contributed by atoms with E-state index in [1.807, 2.05) is 30.3 Å². The summed E-state index contributed by atoms with van der Waals surface area (Å²) >= 11 is 0. The summed E-state index contributed by atoms with van der Waals surface area (Å²) in [5.41, 5.74) is -0.189. The number of pyridine rings is 1. The zero-order chi connectivity index (χ0) is 18.7. The van der Waals surface area contributed by atoms with Gasteiger partial charge in [0.1, 0.15) is 5.65 Å². The summed E-state index contributed by atoms with van der Waals surface area (Å²) in [4.78, 5) is 27.2. The van der Waals surface area contributed by atoms with Crippen LogP contribution >= 0.6 is 0 Å². The van der Waals surface area contributed by atoms with E-state index < -0.39 is 28.3 Å². The molecule has 8 nitrogen and oxygen atoms in total. The third kappa shape index (κ3) is 3.55. The molecule has 26 heavy (non-hydrogen) atoms. The molecule has 2 unspecified atom stereocenters. The maximum Gasteiger partial charge on any atom is 0.376 e. The quantitative estimate of drug-likeness (QED) is 0.517. The molecule has 3 aromatic rings. The second-order valence-corrected chi connectivity index (χ2v) is 5.99. The van der Waals surface area contributed by atoms with Gasteiger partial charge in [0.05, 0.1) is 17.1 Å². The lowest BCUT2D eigenvalue weighted by Crippen LogP contribution is -2.34. The summed E-state index contributed by atoms with van der Waals surface area (Å²) < 4.78 is 1.12. The molecule has 0 fully saturated rings. The topological polar surface area (TPSA) is 110 Å². The van der Waals surface area contributed by atoms with E-state index in [0.717, 1.165) is 9.96 Å². The van der Waals surface area contributed by atoms with Crippen molar-refractivity contribution in [1.29, 1.82) is 0 Å². The largest absolute Gasteiger partial charge is 0.391 e. The van der Waals surface area contributed by atoms with Crippen LogP contribution in [0.3, 0.4) is 0 Å². The van der Waals surface area contributed by atoms with Crippen molar-refractivity contribution in [1.82, 2.24) is 9.38 Å². The van der Waals surface area contributed by atoms with E-state index in [-0.39, 0.29) is 11.5 Å². The van der Waals surface area contributed by atoms with Crippen LogP contribution in [0.25, 0.3) is 5.65 Å². The van der Waals surface area contributed by atoms with Gasteiger partial charge in [0.25, 0.3) is 0 Å². The first-order chi connectivity index (χ1) is 12.5. The van der Waals surface area contributed by atoms with Crippen LogP contribution in [-0.2, 0) is 6.42 Å². The molecule has 2 atom stereocenters. The number of aliphatic hydroxyl groups is 1. The Hall–Kier alpha value is -3.26. The molecule has 0 spiro atoms. The summed E-state index contributed by atoms with van der Waals surface area (Å²) in [5.74, 6) is -0.147. The monoisotopic (exact) mass is 354 g/mol. The van der Waals surface area contributed by atoms with Gasteiger partial charge < -0.3 is 10.4 Å². The molecule has 1 aromatic carbocycles. The smallest absolute Gasteiger partial charge is 0.376 e. The molecule has 0 amide bonds. The first kappa shape index (κ1) is 17.6. The Bertz CT molecular complexity index is 987. The third-order valence-electron chi connectivity index (χ3n) is 4.12. The predicted octanol–water partition coefficient (Wildman–Crippen LogP) is 2.01. The van der Waals surface area contributed by atoms with Gasteiger partial charge in [-0.25, -0.2) is 4.98 Å². The van der Waals surface area contributed by atoms with E-state index in [1.54, 1.807) is 25.1 Å². The van der Waals surface area contributed by atoms with Gasteiger partial charge in [-0.1, -0.05) is 36.4 Å². The van der Waals surface area contributed by atoms with Crippen LogP contribution in [0.2, 0.25) is 0 Å². The van der Waals surface area contributed by atoms with Crippen LogP contribution in [0.4, 0.5) is 11.5 Å². The average Bonchev–Trinajstić information content (AvgIpc) is 2.62. The Morgan fingerprint density at radius 1 is 1.23 bits per heavy atom. The molecule has 0 saturated carbocycles.